The second kappa shape index (κ2) is 9.47. The van der Waals surface area contributed by atoms with Crippen LogP contribution >= 0.6 is 0 Å². The number of fused-ring (bicyclic) bond motifs is 1. The van der Waals surface area contributed by atoms with Crippen LogP contribution in [0.15, 0.2) is 59.7 Å². The normalized spacial score (nSPS) is 10.5. The molecule has 0 aliphatic heterocycles. The predicted molar refractivity (Wildman–Crippen MR) is 108 cm³/mol. The zero-order valence-corrected chi connectivity index (χ0v) is 15.8. The van der Waals surface area contributed by atoms with E-state index in [1.165, 1.54) is 18.0 Å². The first kappa shape index (κ1) is 20.0. The van der Waals surface area contributed by atoms with Crippen molar-refractivity contribution in [3.8, 4) is 0 Å². The van der Waals surface area contributed by atoms with Crippen LogP contribution in [0.5, 0.6) is 0 Å². The van der Waals surface area contributed by atoms with Crippen molar-refractivity contribution in [3.05, 3.63) is 65.2 Å². The van der Waals surface area contributed by atoms with Crippen LogP contribution in [-0.4, -0.2) is 41.9 Å². The molecule has 0 spiro atoms. The first-order valence-electron chi connectivity index (χ1n) is 8.83. The van der Waals surface area contributed by atoms with Crippen molar-refractivity contribution in [2.24, 2.45) is 0 Å². The number of para-hydroxylation sites is 1. The van der Waals surface area contributed by atoms with Crippen LogP contribution in [0, 0.1) is 0 Å². The largest absolute Gasteiger partial charge is 0.447 e. The summed E-state index contributed by atoms with van der Waals surface area (Å²) < 4.78 is 11.0. The van der Waals surface area contributed by atoms with Crippen LogP contribution in [0.25, 0.3) is 10.9 Å². The highest BCUT2D eigenvalue weighted by Crippen LogP contribution is 2.15. The van der Waals surface area contributed by atoms with Gasteiger partial charge in [0.2, 0.25) is 5.91 Å². The minimum absolute atomic E-state index is 0.132. The van der Waals surface area contributed by atoms with E-state index in [-0.39, 0.29) is 18.7 Å². The maximum absolute atomic E-state index is 12.5. The van der Waals surface area contributed by atoms with Crippen molar-refractivity contribution in [2.45, 2.75) is 6.54 Å². The highest BCUT2D eigenvalue weighted by atomic mass is 16.6. The number of carbonyl (C=O) groups is 2. The van der Waals surface area contributed by atoms with Crippen molar-refractivity contribution < 1.29 is 19.1 Å². The van der Waals surface area contributed by atoms with E-state index in [0.717, 1.165) is 0 Å². The van der Waals surface area contributed by atoms with Gasteiger partial charge in [0.05, 0.1) is 23.8 Å². The van der Waals surface area contributed by atoms with E-state index in [2.05, 4.69) is 15.6 Å². The molecule has 150 valence electrons. The predicted octanol–water partition coefficient (Wildman–Crippen LogP) is 2.23. The summed E-state index contributed by atoms with van der Waals surface area (Å²) in [5.41, 5.74) is 1.20. The molecular formula is C20H20N4O5. The number of benzene rings is 2. The van der Waals surface area contributed by atoms with Crippen molar-refractivity contribution >= 4 is 34.3 Å². The lowest BCUT2D eigenvalue weighted by Crippen LogP contribution is -2.27. The lowest BCUT2D eigenvalue weighted by molar-refractivity contribution is -0.116. The Morgan fingerprint density at radius 2 is 1.79 bits per heavy atom. The Labute approximate surface area is 166 Å². The molecule has 1 aromatic heterocycles. The molecule has 2 N–H and O–H groups in total. The maximum Gasteiger partial charge on any atom is 0.411 e. The highest BCUT2D eigenvalue weighted by molar-refractivity contribution is 5.92. The van der Waals surface area contributed by atoms with Gasteiger partial charge in [-0.05, 0) is 30.3 Å². The summed E-state index contributed by atoms with van der Waals surface area (Å²) in [5, 5.41) is 5.70. The summed E-state index contributed by atoms with van der Waals surface area (Å²) in [6.45, 7) is 0.243. The Bertz CT molecular complexity index is 1080. The number of nitrogens with zero attached hydrogens (tertiary/aromatic N) is 2. The Kier molecular flexibility index (Phi) is 6.54. The number of amides is 2. The number of hydrogen-bond acceptors (Lipinski definition) is 6. The third kappa shape index (κ3) is 5.39. The van der Waals surface area contributed by atoms with Gasteiger partial charge in [-0.3, -0.25) is 19.5 Å². The monoisotopic (exact) mass is 396 g/mol. The van der Waals surface area contributed by atoms with Crippen LogP contribution < -0.4 is 16.2 Å². The second-order valence-corrected chi connectivity index (χ2v) is 6.08. The Balaban J connectivity index is 1.63. The van der Waals surface area contributed by atoms with E-state index < -0.39 is 12.0 Å². The van der Waals surface area contributed by atoms with Gasteiger partial charge in [0.25, 0.3) is 5.56 Å². The summed E-state index contributed by atoms with van der Waals surface area (Å²) in [4.78, 5) is 40.7. The smallest absolute Gasteiger partial charge is 0.411 e. The Morgan fingerprint density at radius 3 is 2.59 bits per heavy atom. The zero-order chi connectivity index (χ0) is 20.6. The van der Waals surface area contributed by atoms with E-state index in [1.807, 2.05) is 0 Å². The minimum atomic E-state index is -0.626. The van der Waals surface area contributed by atoms with E-state index in [9.17, 15) is 14.4 Å². The molecule has 3 aromatic rings. The lowest BCUT2D eigenvalue weighted by Gasteiger charge is -2.10. The zero-order valence-electron chi connectivity index (χ0n) is 15.8. The molecule has 0 saturated heterocycles. The van der Waals surface area contributed by atoms with Gasteiger partial charge < -0.3 is 14.8 Å². The number of aromatic nitrogens is 2. The van der Waals surface area contributed by atoms with E-state index in [0.29, 0.717) is 28.9 Å². The number of carbonyl (C=O) groups excluding carboxylic acids is 2. The molecule has 0 bridgehead atoms. The summed E-state index contributed by atoms with van der Waals surface area (Å²) in [7, 11) is 1.51. The summed E-state index contributed by atoms with van der Waals surface area (Å²) in [5.74, 6) is -0.399. The maximum atomic E-state index is 12.5. The lowest BCUT2D eigenvalue weighted by atomic mass is 10.2. The van der Waals surface area contributed by atoms with Gasteiger partial charge >= 0.3 is 6.09 Å². The SMILES string of the molecule is COCCOC(=O)Nc1cccc(NC(=O)Cn2cnc3ccccc3c2=O)c1. The molecule has 2 aromatic carbocycles. The molecule has 0 aliphatic rings. The van der Waals surface area contributed by atoms with Crippen molar-refractivity contribution in [2.75, 3.05) is 31.0 Å². The van der Waals surface area contributed by atoms with Gasteiger partial charge in [-0.15, -0.1) is 0 Å². The molecule has 2 amide bonds. The van der Waals surface area contributed by atoms with Gasteiger partial charge in [0, 0.05) is 18.5 Å². The fourth-order valence-electron chi connectivity index (χ4n) is 2.62. The van der Waals surface area contributed by atoms with E-state index >= 15 is 0 Å². The summed E-state index contributed by atoms with van der Waals surface area (Å²) in [6.07, 6.45) is 0.720. The van der Waals surface area contributed by atoms with E-state index in [1.54, 1.807) is 48.5 Å². The first-order chi connectivity index (χ1) is 14.1. The van der Waals surface area contributed by atoms with Crippen LogP contribution in [0.4, 0.5) is 16.2 Å². The molecule has 0 fully saturated rings. The quantitative estimate of drug-likeness (QED) is 0.593. The van der Waals surface area contributed by atoms with Crippen LogP contribution in [0.3, 0.4) is 0 Å². The van der Waals surface area contributed by atoms with Crippen molar-refractivity contribution in [1.82, 2.24) is 9.55 Å². The second-order valence-electron chi connectivity index (χ2n) is 6.08. The molecule has 0 radical (unpaired) electrons. The first-order valence-corrected chi connectivity index (χ1v) is 8.83. The molecule has 0 atom stereocenters. The Morgan fingerprint density at radius 1 is 1.03 bits per heavy atom. The van der Waals surface area contributed by atoms with Gasteiger partial charge in [-0.2, -0.15) is 0 Å². The van der Waals surface area contributed by atoms with Crippen LogP contribution in [0.2, 0.25) is 0 Å². The standard InChI is InChI=1S/C20H20N4O5/c1-28-9-10-29-20(27)23-15-6-4-5-14(11-15)22-18(25)12-24-13-21-17-8-3-2-7-16(17)19(24)26/h2-8,11,13H,9-10,12H2,1H3,(H,22,25)(H,23,27). The third-order valence-electron chi connectivity index (χ3n) is 3.96. The number of anilines is 2. The molecule has 0 unspecified atom stereocenters. The fraction of sp³-hybridized carbons (Fsp3) is 0.200. The van der Waals surface area contributed by atoms with Crippen LogP contribution in [-0.2, 0) is 20.8 Å². The van der Waals surface area contributed by atoms with Crippen molar-refractivity contribution in [1.29, 1.82) is 0 Å². The van der Waals surface area contributed by atoms with Gasteiger partial charge in [-0.1, -0.05) is 18.2 Å². The average molecular weight is 396 g/mol. The minimum Gasteiger partial charge on any atom is -0.447 e. The molecular weight excluding hydrogens is 376 g/mol. The van der Waals surface area contributed by atoms with Gasteiger partial charge in [0.1, 0.15) is 13.2 Å². The average Bonchev–Trinajstić information content (AvgIpc) is 2.71. The summed E-state index contributed by atoms with van der Waals surface area (Å²) >= 11 is 0. The van der Waals surface area contributed by atoms with Crippen molar-refractivity contribution in [3.63, 3.8) is 0 Å². The number of ether oxygens (including phenoxy) is 2. The van der Waals surface area contributed by atoms with Gasteiger partial charge in [-0.25, -0.2) is 9.78 Å². The molecule has 9 heteroatoms. The highest BCUT2D eigenvalue weighted by Gasteiger charge is 2.09. The van der Waals surface area contributed by atoms with Crippen LogP contribution in [0.1, 0.15) is 0 Å². The number of methoxy groups -OCH3 is 1. The topological polar surface area (TPSA) is 112 Å². The molecule has 3 rings (SSSR count). The molecule has 1 heterocycles. The summed E-state index contributed by atoms with van der Waals surface area (Å²) in [6, 6.07) is 13.5. The van der Waals surface area contributed by atoms with E-state index in [4.69, 9.17) is 9.47 Å². The number of hydrogen-bond donors (Lipinski definition) is 2. The number of rotatable bonds is 7. The molecule has 0 aliphatic carbocycles. The molecule has 9 nitrogen and oxygen atoms in total. The third-order valence-corrected chi connectivity index (χ3v) is 3.96. The Hall–Kier alpha value is -3.72. The number of nitrogens with one attached hydrogen (secondary N) is 2. The molecule has 29 heavy (non-hydrogen) atoms. The molecule has 0 saturated carbocycles. The van der Waals surface area contributed by atoms with Gasteiger partial charge in [0.15, 0.2) is 0 Å². The fourth-order valence-corrected chi connectivity index (χ4v) is 2.62.